The van der Waals surface area contributed by atoms with Crippen molar-refractivity contribution in [1.29, 1.82) is 0 Å². The second-order valence-corrected chi connectivity index (χ2v) is 5.21. The van der Waals surface area contributed by atoms with Gasteiger partial charge in [-0.05, 0) is 36.8 Å². The largest absolute Gasteiger partial charge is 0.311 e. The van der Waals surface area contributed by atoms with Crippen LogP contribution in [-0.2, 0) is 12.8 Å². The van der Waals surface area contributed by atoms with Crippen LogP contribution >= 0.6 is 0 Å². The quantitative estimate of drug-likeness (QED) is 0.817. The molecule has 0 fully saturated rings. The van der Waals surface area contributed by atoms with Crippen LogP contribution in [0.15, 0.2) is 24.3 Å². The van der Waals surface area contributed by atoms with Crippen LogP contribution in [0, 0.1) is 5.92 Å². The average Bonchev–Trinajstić information content (AvgIpc) is 2.69. The summed E-state index contributed by atoms with van der Waals surface area (Å²) in [5.74, 6) is 0.767. The van der Waals surface area contributed by atoms with Crippen LogP contribution in [0.5, 0.6) is 0 Å². The predicted octanol–water partition coefficient (Wildman–Crippen LogP) is 3.18. The molecule has 0 radical (unpaired) electrons. The first-order valence-corrected chi connectivity index (χ1v) is 6.53. The Balaban J connectivity index is 1.92. The number of rotatable bonds is 4. The fraction of sp³-hybridized carbons (Fsp3) is 0.600. The van der Waals surface area contributed by atoms with Crippen molar-refractivity contribution in [2.24, 2.45) is 5.92 Å². The van der Waals surface area contributed by atoms with E-state index in [0.29, 0.717) is 12.1 Å². The molecule has 16 heavy (non-hydrogen) atoms. The normalized spacial score (nSPS) is 19.4. The molecule has 1 heteroatoms. The van der Waals surface area contributed by atoms with Crippen LogP contribution in [0.2, 0.25) is 0 Å². The zero-order valence-corrected chi connectivity index (χ0v) is 10.7. The summed E-state index contributed by atoms with van der Waals surface area (Å²) >= 11 is 0. The van der Waals surface area contributed by atoms with Crippen molar-refractivity contribution in [2.45, 2.75) is 52.1 Å². The van der Waals surface area contributed by atoms with E-state index in [1.807, 2.05) is 0 Å². The predicted molar refractivity (Wildman–Crippen MR) is 69.7 cm³/mol. The van der Waals surface area contributed by atoms with Gasteiger partial charge in [-0.2, -0.15) is 0 Å². The Labute approximate surface area is 99.3 Å². The zero-order chi connectivity index (χ0) is 11.5. The molecule has 1 aliphatic rings. The lowest BCUT2D eigenvalue weighted by atomic mass is 9.99. The summed E-state index contributed by atoms with van der Waals surface area (Å²) in [5, 5.41) is 3.78. The maximum absolute atomic E-state index is 3.78. The summed E-state index contributed by atoms with van der Waals surface area (Å²) in [7, 11) is 0. The maximum Gasteiger partial charge on any atom is 0.0151 e. The van der Waals surface area contributed by atoms with Gasteiger partial charge in [-0.3, -0.25) is 0 Å². The third-order valence-electron chi connectivity index (χ3n) is 4.05. The number of benzene rings is 1. The van der Waals surface area contributed by atoms with E-state index in [-0.39, 0.29) is 0 Å². The van der Waals surface area contributed by atoms with Crippen LogP contribution < -0.4 is 5.32 Å². The molecule has 1 aromatic carbocycles. The maximum atomic E-state index is 3.78. The molecule has 2 atom stereocenters. The fourth-order valence-electron chi connectivity index (χ4n) is 2.57. The second-order valence-electron chi connectivity index (χ2n) is 5.21. The Hall–Kier alpha value is -0.820. The van der Waals surface area contributed by atoms with E-state index >= 15 is 0 Å². The van der Waals surface area contributed by atoms with Crippen molar-refractivity contribution in [2.75, 3.05) is 0 Å². The minimum absolute atomic E-state index is 0.629. The highest BCUT2D eigenvalue weighted by Gasteiger charge is 2.23. The molecule has 0 spiro atoms. The third-order valence-corrected chi connectivity index (χ3v) is 4.05. The Morgan fingerprint density at radius 1 is 1.19 bits per heavy atom. The van der Waals surface area contributed by atoms with Gasteiger partial charge in [0.15, 0.2) is 0 Å². The van der Waals surface area contributed by atoms with Crippen LogP contribution in [0.3, 0.4) is 0 Å². The molecule has 0 amide bonds. The molecule has 0 heterocycles. The Morgan fingerprint density at radius 3 is 2.25 bits per heavy atom. The fourth-order valence-corrected chi connectivity index (χ4v) is 2.57. The van der Waals surface area contributed by atoms with E-state index in [1.165, 1.54) is 30.4 Å². The zero-order valence-electron chi connectivity index (χ0n) is 10.7. The van der Waals surface area contributed by atoms with E-state index in [4.69, 9.17) is 0 Å². The summed E-state index contributed by atoms with van der Waals surface area (Å²) in [6.07, 6.45) is 3.67. The molecule has 0 saturated carbocycles. The first-order valence-electron chi connectivity index (χ1n) is 6.53. The van der Waals surface area contributed by atoms with Crippen LogP contribution in [0.1, 0.15) is 38.3 Å². The molecule has 1 N–H and O–H groups in total. The van der Waals surface area contributed by atoms with Crippen LogP contribution in [0.4, 0.5) is 0 Å². The molecule has 1 aromatic rings. The molecule has 1 aliphatic carbocycles. The SMILES string of the molecule is CCC(C)C(C)NC1Cc2ccccc2C1. The van der Waals surface area contributed by atoms with Gasteiger partial charge in [-0.1, -0.05) is 44.5 Å². The number of hydrogen-bond acceptors (Lipinski definition) is 1. The average molecular weight is 217 g/mol. The highest BCUT2D eigenvalue weighted by Crippen LogP contribution is 2.22. The van der Waals surface area contributed by atoms with E-state index < -0.39 is 0 Å². The van der Waals surface area contributed by atoms with Crippen molar-refractivity contribution in [3.8, 4) is 0 Å². The third kappa shape index (κ3) is 2.46. The smallest absolute Gasteiger partial charge is 0.0151 e. The molecule has 2 unspecified atom stereocenters. The Bertz CT molecular complexity index is 320. The van der Waals surface area contributed by atoms with Gasteiger partial charge in [0.05, 0.1) is 0 Å². The second kappa shape index (κ2) is 5.01. The van der Waals surface area contributed by atoms with Gasteiger partial charge in [0.1, 0.15) is 0 Å². The van der Waals surface area contributed by atoms with Crippen molar-refractivity contribution in [3.05, 3.63) is 35.4 Å². The monoisotopic (exact) mass is 217 g/mol. The number of nitrogens with one attached hydrogen (secondary N) is 1. The molecular weight excluding hydrogens is 194 g/mol. The standard InChI is InChI=1S/C15H23N/c1-4-11(2)12(3)16-15-9-13-7-5-6-8-14(13)10-15/h5-8,11-12,15-16H,4,9-10H2,1-3H3. The van der Waals surface area contributed by atoms with Crippen LogP contribution in [0.25, 0.3) is 0 Å². The lowest BCUT2D eigenvalue weighted by molar-refractivity contribution is 0.351. The van der Waals surface area contributed by atoms with Gasteiger partial charge in [0.25, 0.3) is 0 Å². The Kier molecular flexibility index (Phi) is 3.65. The molecule has 2 rings (SSSR count). The molecule has 0 bridgehead atoms. The first kappa shape index (κ1) is 11.7. The van der Waals surface area contributed by atoms with E-state index in [2.05, 4.69) is 50.4 Å². The minimum atomic E-state index is 0.629. The lowest BCUT2D eigenvalue weighted by Gasteiger charge is -2.24. The van der Waals surface area contributed by atoms with E-state index in [1.54, 1.807) is 0 Å². The van der Waals surface area contributed by atoms with Crippen molar-refractivity contribution in [3.63, 3.8) is 0 Å². The minimum Gasteiger partial charge on any atom is -0.311 e. The molecule has 0 aliphatic heterocycles. The topological polar surface area (TPSA) is 12.0 Å². The van der Waals surface area contributed by atoms with Crippen molar-refractivity contribution >= 4 is 0 Å². The summed E-state index contributed by atoms with van der Waals surface area (Å²) in [4.78, 5) is 0. The van der Waals surface area contributed by atoms with Crippen LogP contribution in [-0.4, -0.2) is 12.1 Å². The van der Waals surface area contributed by atoms with Gasteiger partial charge < -0.3 is 5.32 Å². The van der Waals surface area contributed by atoms with Crippen molar-refractivity contribution < 1.29 is 0 Å². The van der Waals surface area contributed by atoms with Gasteiger partial charge >= 0.3 is 0 Å². The summed E-state index contributed by atoms with van der Waals surface area (Å²) in [5.41, 5.74) is 3.08. The van der Waals surface area contributed by atoms with E-state index in [0.717, 1.165) is 5.92 Å². The summed E-state index contributed by atoms with van der Waals surface area (Å²) in [6, 6.07) is 10.1. The van der Waals surface area contributed by atoms with Gasteiger partial charge in [-0.15, -0.1) is 0 Å². The van der Waals surface area contributed by atoms with Gasteiger partial charge in [-0.25, -0.2) is 0 Å². The molecule has 0 saturated heterocycles. The molecule has 0 aromatic heterocycles. The highest BCUT2D eigenvalue weighted by molar-refractivity contribution is 5.33. The van der Waals surface area contributed by atoms with Gasteiger partial charge in [0, 0.05) is 12.1 Å². The molecular formula is C15H23N. The Morgan fingerprint density at radius 2 is 1.75 bits per heavy atom. The number of hydrogen-bond donors (Lipinski definition) is 1. The first-order chi connectivity index (χ1) is 7.70. The number of fused-ring (bicyclic) bond motifs is 1. The van der Waals surface area contributed by atoms with Crippen molar-refractivity contribution in [1.82, 2.24) is 5.32 Å². The molecule has 1 nitrogen and oxygen atoms in total. The lowest BCUT2D eigenvalue weighted by Crippen LogP contribution is -2.40. The highest BCUT2D eigenvalue weighted by atomic mass is 15.0. The van der Waals surface area contributed by atoms with E-state index in [9.17, 15) is 0 Å². The summed E-state index contributed by atoms with van der Waals surface area (Å²) in [6.45, 7) is 6.92. The molecule has 88 valence electrons. The summed E-state index contributed by atoms with van der Waals surface area (Å²) < 4.78 is 0. The van der Waals surface area contributed by atoms with Gasteiger partial charge in [0.2, 0.25) is 0 Å².